The topological polar surface area (TPSA) is 45.2 Å². The monoisotopic (exact) mass is 243 g/mol. The van der Waals surface area contributed by atoms with Crippen molar-refractivity contribution in [3.63, 3.8) is 0 Å². The van der Waals surface area contributed by atoms with E-state index in [1.165, 1.54) is 19.3 Å². The number of nitrogens with one attached hydrogen (secondary N) is 1. The highest BCUT2D eigenvalue weighted by molar-refractivity contribution is 5.94. The van der Waals surface area contributed by atoms with Crippen LogP contribution in [0.5, 0.6) is 0 Å². The van der Waals surface area contributed by atoms with Crippen LogP contribution < -0.4 is 5.32 Å². The highest BCUT2D eigenvalue weighted by atomic mass is 19.3. The smallest absolute Gasteiger partial charge is 0.255 e. The Labute approximate surface area is 98.6 Å². The number of halogens is 2. The van der Waals surface area contributed by atoms with Crippen LogP contribution >= 0.6 is 0 Å². The SMILES string of the molecule is CCNc1cc(C(=O)N(C)CC(F)F)ccn1. The van der Waals surface area contributed by atoms with Gasteiger partial charge in [-0.25, -0.2) is 13.8 Å². The summed E-state index contributed by atoms with van der Waals surface area (Å²) < 4.78 is 24.3. The van der Waals surface area contributed by atoms with E-state index < -0.39 is 18.9 Å². The zero-order valence-electron chi connectivity index (χ0n) is 9.78. The second kappa shape index (κ2) is 6.12. The van der Waals surface area contributed by atoms with Crippen LogP contribution in [0.3, 0.4) is 0 Å². The first kappa shape index (κ1) is 13.3. The molecule has 1 rings (SSSR count). The van der Waals surface area contributed by atoms with Crippen molar-refractivity contribution in [2.24, 2.45) is 0 Å². The van der Waals surface area contributed by atoms with Crippen LogP contribution in [0.2, 0.25) is 0 Å². The Hall–Kier alpha value is -1.72. The number of aromatic nitrogens is 1. The average Bonchev–Trinajstić information content (AvgIpc) is 2.28. The molecule has 0 saturated carbocycles. The number of hydrogen-bond acceptors (Lipinski definition) is 3. The van der Waals surface area contributed by atoms with Gasteiger partial charge in [-0.1, -0.05) is 0 Å². The summed E-state index contributed by atoms with van der Waals surface area (Å²) in [5.74, 6) is 0.121. The van der Waals surface area contributed by atoms with E-state index in [0.29, 0.717) is 17.9 Å². The summed E-state index contributed by atoms with van der Waals surface area (Å²) in [4.78, 5) is 16.8. The fourth-order valence-corrected chi connectivity index (χ4v) is 1.35. The van der Waals surface area contributed by atoms with E-state index in [-0.39, 0.29) is 0 Å². The maximum atomic E-state index is 12.1. The molecular weight excluding hydrogens is 228 g/mol. The Bertz CT molecular complexity index is 385. The third kappa shape index (κ3) is 3.97. The lowest BCUT2D eigenvalue weighted by Gasteiger charge is -2.16. The van der Waals surface area contributed by atoms with Crippen LogP contribution in [0.25, 0.3) is 0 Å². The first-order chi connectivity index (χ1) is 8.04. The molecule has 0 aliphatic rings. The fourth-order valence-electron chi connectivity index (χ4n) is 1.35. The highest BCUT2D eigenvalue weighted by Gasteiger charge is 2.16. The van der Waals surface area contributed by atoms with E-state index >= 15 is 0 Å². The number of hydrogen-bond donors (Lipinski definition) is 1. The van der Waals surface area contributed by atoms with Gasteiger partial charge in [0.15, 0.2) is 0 Å². The molecule has 17 heavy (non-hydrogen) atoms. The summed E-state index contributed by atoms with van der Waals surface area (Å²) in [5.41, 5.74) is 0.346. The van der Waals surface area contributed by atoms with Crippen LogP contribution in [0.15, 0.2) is 18.3 Å². The molecule has 0 aromatic carbocycles. The lowest BCUT2D eigenvalue weighted by Crippen LogP contribution is -2.31. The van der Waals surface area contributed by atoms with Crippen molar-refractivity contribution in [2.45, 2.75) is 13.3 Å². The Morgan fingerprint density at radius 2 is 2.29 bits per heavy atom. The quantitative estimate of drug-likeness (QED) is 0.858. The Balaban J connectivity index is 2.77. The van der Waals surface area contributed by atoms with Gasteiger partial charge in [-0.2, -0.15) is 0 Å². The first-order valence-electron chi connectivity index (χ1n) is 5.28. The first-order valence-corrected chi connectivity index (χ1v) is 5.28. The third-order valence-corrected chi connectivity index (χ3v) is 2.12. The number of anilines is 1. The molecule has 0 bridgehead atoms. The average molecular weight is 243 g/mol. The molecule has 6 heteroatoms. The Morgan fingerprint density at radius 1 is 1.59 bits per heavy atom. The van der Waals surface area contributed by atoms with E-state index in [9.17, 15) is 13.6 Å². The fraction of sp³-hybridized carbons (Fsp3) is 0.455. The summed E-state index contributed by atoms with van der Waals surface area (Å²) in [5, 5.41) is 2.95. The van der Waals surface area contributed by atoms with Crippen molar-refractivity contribution >= 4 is 11.7 Å². The molecule has 0 aliphatic heterocycles. The van der Waals surface area contributed by atoms with E-state index in [4.69, 9.17) is 0 Å². The third-order valence-electron chi connectivity index (χ3n) is 2.12. The van der Waals surface area contributed by atoms with E-state index in [1.807, 2.05) is 6.92 Å². The summed E-state index contributed by atoms with van der Waals surface area (Å²) >= 11 is 0. The summed E-state index contributed by atoms with van der Waals surface area (Å²) in [6.45, 7) is 2.01. The van der Waals surface area contributed by atoms with Gasteiger partial charge in [0, 0.05) is 25.4 Å². The van der Waals surface area contributed by atoms with Crippen LogP contribution in [-0.2, 0) is 0 Å². The van der Waals surface area contributed by atoms with Crippen molar-refractivity contribution < 1.29 is 13.6 Å². The number of pyridine rings is 1. The number of nitrogens with zero attached hydrogens (tertiary/aromatic N) is 2. The number of rotatable bonds is 5. The second-order valence-corrected chi connectivity index (χ2v) is 3.54. The lowest BCUT2D eigenvalue weighted by atomic mass is 10.2. The van der Waals surface area contributed by atoms with Crippen molar-refractivity contribution in [3.8, 4) is 0 Å². The van der Waals surface area contributed by atoms with Crippen molar-refractivity contribution in [1.29, 1.82) is 0 Å². The number of carbonyl (C=O) groups excluding carboxylic acids is 1. The van der Waals surface area contributed by atoms with E-state index in [2.05, 4.69) is 10.3 Å². The predicted octanol–water partition coefficient (Wildman–Crippen LogP) is 1.85. The van der Waals surface area contributed by atoms with Gasteiger partial charge in [0.2, 0.25) is 0 Å². The van der Waals surface area contributed by atoms with Crippen molar-refractivity contribution in [1.82, 2.24) is 9.88 Å². The summed E-state index contributed by atoms with van der Waals surface area (Å²) in [6.07, 6.45) is -1.06. The molecule has 4 nitrogen and oxygen atoms in total. The summed E-state index contributed by atoms with van der Waals surface area (Å²) in [6, 6.07) is 3.05. The van der Waals surface area contributed by atoms with Crippen LogP contribution in [0.4, 0.5) is 14.6 Å². The molecule has 0 unspecified atom stereocenters. The van der Waals surface area contributed by atoms with Gasteiger partial charge in [-0.15, -0.1) is 0 Å². The van der Waals surface area contributed by atoms with Crippen LogP contribution in [-0.4, -0.2) is 42.4 Å². The minimum atomic E-state index is -2.53. The zero-order valence-corrected chi connectivity index (χ0v) is 9.78. The summed E-state index contributed by atoms with van der Waals surface area (Å²) in [7, 11) is 1.35. The van der Waals surface area contributed by atoms with Gasteiger partial charge < -0.3 is 10.2 Å². The van der Waals surface area contributed by atoms with E-state index in [1.54, 1.807) is 6.07 Å². The molecule has 94 valence electrons. The number of alkyl halides is 2. The molecule has 1 heterocycles. The molecule has 0 fully saturated rings. The maximum Gasteiger partial charge on any atom is 0.255 e. The standard InChI is InChI=1S/C11H15F2N3O/c1-3-14-10-6-8(4-5-15-10)11(17)16(2)7-9(12)13/h4-6,9H,3,7H2,1-2H3,(H,14,15). The van der Waals surface area contributed by atoms with E-state index in [0.717, 1.165) is 4.90 Å². The molecule has 0 spiro atoms. The van der Waals surface area contributed by atoms with Gasteiger partial charge in [0.25, 0.3) is 12.3 Å². The highest BCUT2D eigenvalue weighted by Crippen LogP contribution is 2.09. The van der Waals surface area contributed by atoms with Crippen molar-refractivity contribution in [3.05, 3.63) is 23.9 Å². The van der Waals surface area contributed by atoms with Gasteiger partial charge >= 0.3 is 0 Å². The Kier molecular flexibility index (Phi) is 4.81. The molecular formula is C11H15F2N3O. The molecule has 1 N–H and O–H groups in total. The molecule has 1 aromatic heterocycles. The van der Waals surface area contributed by atoms with Crippen molar-refractivity contribution in [2.75, 3.05) is 25.5 Å². The zero-order chi connectivity index (χ0) is 12.8. The van der Waals surface area contributed by atoms with Gasteiger partial charge in [-0.3, -0.25) is 4.79 Å². The molecule has 0 atom stereocenters. The second-order valence-electron chi connectivity index (χ2n) is 3.54. The molecule has 0 aliphatic carbocycles. The molecule has 1 aromatic rings. The minimum Gasteiger partial charge on any atom is -0.370 e. The van der Waals surface area contributed by atoms with Gasteiger partial charge in [-0.05, 0) is 19.1 Å². The maximum absolute atomic E-state index is 12.1. The largest absolute Gasteiger partial charge is 0.370 e. The lowest BCUT2D eigenvalue weighted by molar-refractivity contribution is 0.0620. The number of carbonyl (C=O) groups is 1. The van der Waals surface area contributed by atoms with Crippen LogP contribution in [0.1, 0.15) is 17.3 Å². The van der Waals surface area contributed by atoms with Gasteiger partial charge in [0.05, 0.1) is 6.54 Å². The normalized spacial score (nSPS) is 10.4. The molecule has 0 saturated heterocycles. The van der Waals surface area contributed by atoms with Gasteiger partial charge in [0.1, 0.15) is 5.82 Å². The minimum absolute atomic E-state index is 0.346. The predicted molar refractivity (Wildman–Crippen MR) is 61.4 cm³/mol. The molecule has 0 radical (unpaired) electrons. The Morgan fingerprint density at radius 3 is 2.88 bits per heavy atom. The molecule has 1 amide bonds. The van der Waals surface area contributed by atoms with Crippen LogP contribution in [0, 0.1) is 0 Å². The number of amides is 1.